The lowest BCUT2D eigenvalue weighted by Gasteiger charge is -2.16. The molecule has 0 aliphatic heterocycles. The molecule has 2 aromatic heterocycles. The molecule has 2 heterocycles. The van der Waals surface area contributed by atoms with Gasteiger partial charge in [0.1, 0.15) is 17.1 Å². The second kappa shape index (κ2) is 10.1. The molecular weight excluding hydrogens is 493 g/mol. The quantitative estimate of drug-likeness (QED) is 0.349. The molecule has 0 bridgehead atoms. The molecule has 7 nitrogen and oxygen atoms in total. The van der Waals surface area contributed by atoms with Gasteiger partial charge in [0.15, 0.2) is 5.03 Å². The highest BCUT2D eigenvalue weighted by Gasteiger charge is 2.25. The van der Waals surface area contributed by atoms with Gasteiger partial charge in [-0.3, -0.25) is 4.79 Å². The highest BCUT2D eigenvalue weighted by atomic mass is 32.2. The van der Waals surface area contributed by atoms with Crippen molar-refractivity contribution in [3.8, 4) is 22.9 Å². The molecule has 0 radical (unpaired) electrons. The number of nitrogens with zero attached hydrogens (tertiary/aromatic N) is 2. The summed E-state index contributed by atoms with van der Waals surface area (Å²) < 4.78 is 48.1. The Morgan fingerprint density at radius 2 is 1.57 bits per heavy atom. The van der Waals surface area contributed by atoms with E-state index < -0.39 is 21.7 Å². The van der Waals surface area contributed by atoms with Gasteiger partial charge in [-0.05, 0) is 81.6 Å². The van der Waals surface area contributed by atoms with Gasteiger partial charge in [0.25, 0.3) is 15.9 Å². The number of ether oxygens (including phenoxy) is 1. The van der Waals surface area contributed by atoms with Crippen LogP contribution in [0.15, 0.2) is 65.7 Å². The molecule has 1 N–H and O–H groups in total. The Morgan fingerprint density at radius 3 is 2.22 bits per heavy atom. The maximum atomic E-state index is 14.2. The third-order valence-electron chi connectivity index (χ3n) is 5.74. The van der Waals surface area contributed by atoms with Crippen molar-refractivity contribution < 1.29 is 22.3 Å². The first-order valence-corrected chi connectivity index (χ1v) is 13.0. The van der Waals surface area contributed by atoms with Crippen LogP contribution in [0.4, 0.5) is 4.39 Å². The molecule has 190 valence electrons. The Hall–Kier alpha value is -4.11. The molecule has 9 heteroatoms. The van der Waals surface area contributed by atoms with Crippen molar-refractivity contribution in [1.82, 2.24) is 14.7 Å². The van der Waals surface area contributed by atoms with E-state index in [-0.39, 0.29) is 16.5 Å². The number of carbonyl (C=O) groups is 1. The largest absolute Gasteiger partial charge is 0.438 e. The second-order valence-electron chi connectivity index (χ2n) is 8.89. The monoisotopic (exact) mass is 519 g/mol. The minimum atomic E-state index is -4.26. The molecule has 4 rings (SSSR count). The van der Waals surface area contributed by atoms with Crippen molar-refractivity contribution in [3.63, 3.8) is 0 Å². The Bertz CT molecular complexity index is 1610. The number of amides is 1. The molecule has 37 heavy (non-hydrogen) atoms. The SMILES string of the molecule is Cc1cc(C)c(Oc2nc(-c3ccc(C)c(F)c3)ccc2C(=O)NS(=O)(=O)c2cccc(C)n2)c(C)c1. The zero-order valence-electron chi connectivity index (χ0n) is 21.1. The van der Waals surface area contributed by atoms with E-state index in [4.69, 9.17) is 4.74 Å². The van der Waals surface area contributed by atoms with Gasteiger partial charge in [-0.1, -0.05) is 35.9 Å². The Morgan fingerprint density at radius 1 is 0.865 bits per heavy atom. The fourth-order valence-electron chi connectivity index (χ4n) is 3.93. The first kappa shape index (κ1) is 26.0. The summed E-state index contributed by atoms with van der Waals surface area (Å²) in [6, 6.07) is 15.9. The van der Waals surface area contributed by atoms with Crippen LogP contribution in [-0.4, -0.2) is 24.3 Å². The predicted octanol–water partition coefficient (Wildman–Crippen LogP) is 5.74. The minimum absolute atomic E-state index is 0.105. The number of benzene rings is 2. The van der Waals surface area contributed by atoms with E-state index in [0.717, 1.165) is 16.7 Å². The lowest BCUT2D eigenvalue weighted by molar-refractivity contribution is 0.0978. The number of carbonyl (C=O) groups excluding carboxylic acids is 1. The standard InChI is InChI=1S/C28H26FN3O4S/c1-16-13-18(3)26(19(4)14-16)36-28-22(11-12-24(31-28)21-10-9-17(2)23(29)15-21)27(33)32-37(34,35)25-8-6-7-20(5)30-25/h6-15H,1-5H3,(H,32,33). The number of halogens is 1. The van der Waals surface area contributed by atoms with Crippen molar-refractivity contribution in [2.75, 3.05) is 0 Å². The number of sulfonamides is 1. The van der Waals surface area contributed by atoms with E-state index in [1.165, 1.54) is 30.3 Å². The van der Waals surface area contributed by atoms with Gasteiger partial charge >= 0.3 is 0 Å². The molecule has 0 saturated heterocycles. The maximum Gasteiger partial charge on any atom is 0.281 e. The molecule has 0 unspecified atom stereocenters. The summed E-state index contributed by atoms with van der Waals surface area (Å²) in [5.74, 6) is -0.957. The Kier molecular flexibility index (Phi) is 7.09. The zero-order valence-corrected chi connectivity index (χ0v) is 21.9. The predicted molar refractivity (Wildman–Crippen MR) is 139 cm³/mol. The summed E-state index contributed by atoms with van der Waals surface area (Å²) in [5.41, 5.74) is 4.37. The summed E-state index contributed by atoms with van der Waals surface area (Å²) in [4.78, 5) is 21.7. The van der Waals surface area contributed by atoms with E-state index in [0.29, 0.717) is 28.3 Å². The summed E-state index contributed by atoms with van der Waals surface area (Å²) in [7, 11) is -4.26. The topological polar surface area (TPSA) is 98.2 Å². The van der Waals surface area contributed by atoms with Gasteiger partial charge < -0.3 is 4.74 Å². The highest BCUT2D eigenvalue weighted by Crippen LogP contribution is 2.33. The summed E-state index contributed by atoms with van der Waals surface area (Å²) in [6.07, 6.45) is 0. The van der Waals surface area contributed by atoms with Crippen LogP contribution in [0.3, 0.4) is 0 Å². The van der Waals surface area contributed by atoms with E-state index in [9.17, 15) is 17.6 Å². The number of hydrogen-bond donors (Lipinski definition) is 1. The first-order valence-electron chi connectivity index (χ1n) is 11.5. The smallest absolute Gasteiger partial charge is 0.281 e. The summed E-state index contributed by atoms with van der Waals surface area (Å²) in [5, 5.41) is -0.284. The number of aryl methyl sites for hydroxylation is 5. The highest BCUT2D eigenvalue weighted by molar-refractivity contribution is 7.90. The lowest BCUT2D eigenvalue weighted by Crippen LogP contribution is -2.31. The van der Waals surface area contributed by atoms with Crippen LogP contribution in [0, 0.1) is 40.4 Å². The molecule has 0 aliphatic carbocycles. The molecule has 0 atom stereocenters. The molecule has 0 aliphatic rings. The van der Waals surface area contributed by atoms with E-state index >= 15 is 0 Å². The van der Waals surface area contributed by atoms with Gasteiger partial charge in [-0.25, -0.2) is 19.1 Å². The number of nitrogens with one attached hydrogen (secondary N) is 1. The van der Waals surface area contributed by atoms with Crippen LogP contribution in [0.25, 0.3) is 11.3 Å². The third kappa shape index (κ3) is 5.67. The number of hydrogen-bond acceptors (Lipinski definition) is 6. The second-order valence-corrected chi connectivity index (χ2v) is 10.5. The maximum absolute atomic E-state index is 14.2. The number of aromatic nitrogens is 2. The van der Waals surface area contributed by atoms with Crippen molar-refractivity contribution in [2.24, 2.45) is 0 Å². The van der Waals surface area contributed by atoms with Gasteiger partial charge in [-0.15, -0.1) is 0 Å². The van der Waals surface area contributed by atoms with Crippen molar-refractivity contribution in [1.29, 1.82) is 0 Å². The number of rotatable bonds is 6. The van der Waals surface area contributed by atoms with Gasteiger partial charge in [0.2, 0.25) is 5.88 Å². The first-order chi connectivity index (χ1) is 17.4. The van der Waals surface area contributed by atoms with Crippen LogP contribution >= 0.6 is 0 Å². The molecular formula is C28H26FN3O4S. The normalized spacial score (nSPS) is 11.3. The molecule has 2 aromatic carbocycles. The zero-order chi connectivity index (χ0) is 26.9. The molecule has 0 spiro atoms. The fourth-order valence-corrected chi connectivity index (χ4v) is 4.91. The molecule has 0 saturated carbocycles. The van der Waals surface area contributed by atoms with Crippen LogP contribution in [0.5, 0.6) is 11.6 Å². The van der Waals surface area contributed by atoms with E-state index in [1.54, 1.807) is 32.0 Å². The average Bonchev–Trinajstić information content (AvgIpc) is 2.82. The molecule has 0 fully saturated rings. The molecule has 1 amide bonds. The van der Waals surface area contributed by atoms with Crippen LogP contribution in [-0.2, 0) is 10.0 Å². The van der Waals surface area contributed by atoms with E-state index in [1.807, 2.05) is 37.6 Å². The molecule has 4 aromatic rings. The van der Waals surface area contributed by atoms with Gasteiger partial charge in [0, 0.05) is 11.3 Å². The Labute approximate surface area is 215 Å². The van der Waals surface area contributed by atoms with Gasteiger partial charge in [0.05, 0.1) is 5.69 Å². The van der Waals surface area contributed by atoms with Crippen LogP contribution in [0.1, 0.15) is 38.3 Å². The van der Waals surface area contributed by atoms with Crippen LogP contribution < -0.4 is 9.46 Å². The minimum Gasteiger partial charge on any atom is -0.438 e. The van der Waals surface area contributed by atoms with Crippen molar-refractivity contribution in [2.45, 2.75) is 39.6 Å². The van der Waals surface area contributed by atoms with Gasteiger partial charge in [-0.2, -0.15) is 8.42 Å². The van der Waals surface area contributed by atoms with E-state index in [2.05, 4.69) is 9.97 Å². The number of pyridine rings is 2. The Balaban J connectivity index is 1.79. The van der Waals surface area contributed by atoms with Crippen LogP contribution in [0.2, 0.25) is 0 Å². The summed E-state index contributed by atoms with van der Waals surface area (Å²) in [6.45, 7) is 8.98. The fraction of sp³-hybridized carbons (Fsp3) is 0.179. The summed E-state index contributed by atoms with van der Waals surface area (Å²) >= 11 is 0. The third-order valence-corrected chi connectivity index (χ3v) is 6.97. The van der Waals surface area contributed by atoms with Crippen molar-refractivity contribution in [3.05, 3.63) is 100.0 Å². The average molecular weight is 520 g/mol. The lowest BCUT2D eigenvalue weighted by atomic mass is 10.1. The van der Waals surface area contributed by atoms with Crippen molar-refractivity contribution >= 4 is 15.9 Å².